The van der Waals surface area contributed by atoms with Crippen molar-refractivity contribution < 1.29 is 0 Å². The zero-order chi connectivity index (χ0) is 13.1. The van der Waals surface area contributed by atoms with Gasteiger partial charge in [0.05, 0.1) is 11.9 Å². The fourth-order valence-electron chi connectivity index (χ4n) is 1.82. The van der Waals surface area contributed by atoms with E-state index < -0.39 is 0 Å². The first-order valence-electron chi connectivity index (χ1n) is 6.16. The van der Waals surface area contributed by atoms with Gasteiger partial charge >= 0.3 is 0 Å². The molecule has 0 amide bonds. The van der Waals surface area contributed by atoms with Gasteiger partial charge in [-0.3, -0.25) is 0 Å². The fourth-order valence-corrected chi connectivity index (χ4v) is 1.82. The minimum atomic E-state index is 0.730. The second kappa shape index (κ2) is 5.08. The molecule has 0 fully saturated rings. The summed E-state index contributed by atoms with van der Waals surface area (Å²) in [6.07, 6.45) is 2.77. The van der Waals surface area contributed by atoms with Gasteiger partial charge in [-0.15, -0.1) is 0 Å². The van der Waals surface area contributed by atoms with Crippen LogP contribution < -0.4 is 10.6 Å². The zero-order valence-corrected chi connectivity index (χ0v) is 11.1. The Kier molecular flexibility index (Phi) is 3.51. The molecule has 0 aliphatic rings. The largest absolute Gasteiger partial charge is 0.397 e. The first-order chi connectivity index (χ1) is 8.61. The van der Waals surface area contributed by atoms with Gasteiger partial charge in [-0.05, 0) is 42.7 Å². The molecule has 0 saturated heterocycles. The van der Waals surface area contributed by atoms with Crippen LogP contribution in [0.1, 0.15) is 18.1 Å². The molecule has 3 nitrogen and oxygen atoms in total. The van der Waals surface area contributed by atoms with Crippen LogP contribution in [0.3, 0.4) is 0 Å². The summed E-state index contributed by atoms with van der Waals surface area (Å²) in [4.78, 5) is 6.42. The number of pyridine rings is 1. The lowest BCUT2D eigenvalue weighted by molar-refractivity contribution is 1.10. The highest BCUT2D eigenvalue weighted by Gasteiger charge is 2.06. The molecule has 1 aromatic carbocycles. The highest BCUT2D eigenvalue weighted by atomic mass is 15.2. The normalized spacial score (nSPS) is 10.4. The molecule has 3 heteroatoms. The van der Waals surface area contributed by atoms with Crippen LogP contribution in [-0.2, 0) is 6.42 Å². The molecule has 0 aliphatic heterocycles. The van der Waals surface area contributed by atoms with Crippen LogP contribution in [0.5, 0.6) is 0 Å². The van der Waals surface area contributed by atoms with E-state index in [0.29, 0.717) is 0 Å². The smallest absolute Gasteiger partial charge is 0.133 e. The number of aromatic nitrogens is 1. The summed E-state index contributed by atoms with van der Waals surface area (Å²) < 4.78 is 0. The monoisotopic (exact) mass is 241 g/mol. The Balaban J connectivity index is 2.28. The van der Waals surface area contributed by atoms with Crippen molar-refractivity contribution in [3.63, 3.8) is 0 Å². The van der Waals surface area contributed by atoms with Gasteiger partial charge in [0.2, 0.25) is 0 Å². The summed E-state index contributed by atoms with van der Waals surface area (Å²) in [5, 5.41) is 0. The molecule has 1 aromatic heterocycles. The second-order valence-electron chi connectivity index (χ2n) is 4.48. The molecule has 0 atom stereocenters. The number of hydrogen-bond donors (Lipinski definition) is 1. The average molecular weight is 241 g/mol. The van der Waals surface area contributed by atoms with Crippen molar-refractivity contribution in [2.45, 2.75) is 20.3 Å². The van der Waals surface area contributed by atoms with E-state index in [1.807, 2.05) is 20.0 Å². The van der Waals surface area contributed by atoms with Crippen LogP contribution in [0.2, 0.25) is 0 Å². The molecule has 0 unspecified atom stereocenters. The fraction of sp³-hybridized carbons (Fsp3) is 0.267. The Morgan fingerprint density at radius 1 is 1.22 bits per heavy atom. The van der Waals surface area contributed by atoms with Gasteiger partial charge in [-0.1, -0.05) is 19.1 Å². The molecule has 0 spiro atoms. The Labute approximate surface area is 108 Å². The van der Waals surface area contributed by atoms with Gasteiger partial charge in [0, 0.05) is 12.7 Å². The van der Waals surface area contributed by atoms with Crippen LogP contribution in [0.4, 0.5) is 17.2 Å². The molecule has 0 saturated carbocycles. The molecule has 0 radical (unpaired) electrons. The molecule has 0 bridgehead atoms. The number of anilines is 3. The zero-order valence-electron chi connectivity index (χ0n) is 11.1. The third kappa shape index (κ3) is 2.45. The maximum Gasteiger partial charge on any atom is 0.133 e. The van der Waals surface area contributed by atoms with Gasteiger partial charge in [0.25, 0.3) is 0 Å². The van der Waals surface area contributed by atoms with Crippen molar-refractivity contribution in [3.05, 3.63) is 47.7 Å². The molecule has 2 aromatic rings. The Morgan fingerprint density at radius 2 is 1.89 bits per heavy atom. The summed E-state index contributed by atoms with van der Waals surface area (Å²) in [7, 11) is 2.01. The van der Waals surface area contributed by atoms with Crippen molar-refractivity contribution >= 4 is 17.2 Å². The standard InChI is InChI=1S/C15H19N3/c1-4-12-5-7-13(8-6-12)18(3)15-9-11(2)14(16)10-17-15/h5-10H,4,16H2,1-3H3. The van der Waals surface area contributed by atoms with Crippen molar-refractivity contribution in [1.82, 2.24) is 4.98 Å². The Hall–Kier alpha value is -2.03. The number of benzene rings is 1. The Bertz CT molecular complexity index is 532. The maximum atomic E-state index is 5.78. The highest BCUT2D eigenvalue weighted by Crippen LogP contribution is 2.24. The van der Waals surface area contributed by atoms with E-state index in [2.05, 4.69) is 41.1 Å². The third-order valence-electron chi connectivity index (χ3n) is 3.21. The van der Waals surface area contributed by atoms with Crippen LogP contribution in [0.15, 0.2) is 36.5 Å². The van der Waals surface area contributed by atoms with Gasteiger partial charge in [-0.2, -0.15) is 0 Å². The summed E-state index contributed by atoms with van der Waals surface area (Å²) in [5.41, 5.74) is 10.0. The van der Waals surface area contributed by atoms with Crippen molar-refractivity contribution in [1.29, 1.82) is 0 Å². The molecular formula is C15H19N3. The van der Waals surface area contributed by atoms with Crippen molar-refractivity contribution in [2.75, 3.05) is 17.7 Å². The van der Waals surface area contributed by atoms with Crippen LogP contribution in [-0.4, -0.2) is 12.0 Å². The van der Waals surface area contributed by atoms with E-state index in [0.717, 1.165) is 29.2 Å². The SMILES string of the molecule is CCc1ccc(N(C)c2cc(C)c(N)cn2)cc1. The van der Waals surface area contributed by atoms with E-state index >= 15 is 0 Å². The lowest BCUT2D eigenvalue weighted by Crippen LogP contribution is -2.11. The van der Waals surface area contributed by atoms with E-state index in [9.17, 15) is 0 Å². The molecule has 1 heterocycles. The Morgan fingerprint density at radius 3 is 2.44 bits per heavy atom. The van der Waals surface area contributed by atoms with Crippen molar-refractivity contribution in [2.24, 2.45) is 0 Å². The van der Waals surface area contributed by atoms with E-state index in [1.165, 1.54) is 5.56 Å². The number of rotatable bonds is 3. The minimum Gasteiger partial charge on any atom is -0.397 e. The quantitative estimate of drug-likeness (QED) is 0.896. The second-order valence-corrected chi connectivity index (χ2v) is 4.48. The third-order valence-corrected chi connectivity index (χ3v) is 3.21. The van der Waals surface area contributed by atoms with E-state index in [-0.39, 0.29) is 0 Å². The maximum absolute atomic E-state index is 5.78. The molecule has 94 valence electrons. The van der Waals surface area contributed by atoms with Gasteiger partial charge < -0.3 is 10.6 Å². The van der Waals surface area contributed by atoms with Gasteiger partial charge in [-0.25, -0.2) is 4.98 Å². The van der Waals surface area contributed by atoms with Crippen LogP contribution in [0.25, 0.3) is 0 Å². The highest BCUT2D eigenvalue weighted by molar-refractivity contribution is 5.62. The number of aryl methyl sites for hydroxylation is 2. The number of nitrogens with zero attached hydrogens (tertiary/aromatic N) is 2. The van der Waals surface area contributed by atoms with Crippen LogP contribution in [0, 0.1) is 6.92 Å². The summed E-state index contributed by atoms with van der Waals surface area (Å²) in [5.74, 6) is 0.908. The van der Waals surface area contributed by atoms with Crippen molar-refractivity contribution in [3.8, 4) is 0 Å². The number of nitrogens with two attached hydrogens (primary N) is 1. The first kappa shape index (κ1) is 12.4. The lowest BCUT2D eigenvalue weighted by Gasteiger charge is -2.19. The summed E-state index contributed by atoms with van der Waals surface area (Å²) in [6, 6.07) is 10.5. The topological polar surface area (TPSA) is 42.1 Å². The molecular weight excluding hydrogens is 222 g/mol. The first-order valence-corrected chi connectivity index (χ1v) is 6.16. The van der Waals surface area contributed by atoms with Crippen LogP contribution >= 0.6 is 0 Å². The average Bonchev–Trinajstić information content (AvgIpc) is 2.41. The van der Waals surface area contributed by atoms with E-state index in [4.69, 9.17) is 5.73 Å². The minimum absolute atomic E-state index is 0.730. The number of nitrogen functional groups attached to an aromatic ring is 1. The molecule has 2 N–H and O–H groups in total. The molecule has 2 rings (SSSR count). The number of hydrogen-bond acceptors (Lipinski definition) is 3. The van der Waals surface area contributed by atoms with E-state index in [1.54, 1.807) is 6.20 Å². The lowest BCUT2D eigenvalue weighted by atomic mass is 10.1. The summed E-state index contributed by atoms with van der Waals surface area (Å²) in [6.45, 7) is 4.15. The molecule has 0 aliphatic carbocycles. The van der Waals surface area contributed by atoms with Gasteiger partial charge in [0.15, 0.2) is 0 Å². The predicted octanol–water partition coefficient (Wildman–Crippen LogP) is 3.30. The summed E-state index contributed by atoms with van der Waals surface area (Å²) >= 11 is 0. The van der Waals surface area contributed by atoms with Gasteiger partial charge in [0.1, 0.15) is 5.82 Å². The predicted molar refractivity (Wildman–Crippen MR) is 77.3 cm³/mol. The molecule has 18 heavy (non-hydrogen) atoms.